The van der Waals surface area contributed by atoms with E-state index in [1.807, 2.05) is 37.3 Å². The minimum Gasteiger partial charge on any atom is -0.507 e. The van der Waals surface area contributed by atoms with Crippen LogP contribution in [0.25, 0.3) is 5.76 Å². The maximum absolute atomic E-state index is 13.1. The Kier molecular flexibility index (Phi) is 5.54. The van der Waals surface area contributed by atoms with Crippen molar-refractivity contribution in [3.8, 4) is 5.75 Å². The minimum atomic E-state index is -0.730. The monoisotopic (exact) mass is 414 g/mol. The molecule has 1 unspecified atom stereocenters. The highest BCUT2D eigenvalue weighted by molar-refractivity contribution is 6.46. The van der Waals surface area contributed by atoms with E-state index in [1.165, 1.54) is 12.0 Å². The molecule has 6 nitrogen and oxygen atoms in total. The first-order valence-corrected chi connectivity index (χ1v) is 9.89. The first kappa shape index (κ1) is 20.3. The molecule has 2 aromatic carbocycles. The number of hydrogen-bond donors (Lipinski definition) is 1. The number of carbonyl (C=O) groups is 2. The molecule has 2 heterocycles. The zero-order valence-corrected chi connectivity index (χ0v) is 17.3. The number of aliphatic hydroxyl groups excluding tert-OH is 1. The average Bonchev–Trinajstić information content (AvgIpc) is 3.04. The highest BCUT2D eigenvalue weighted by Gasteiger charge is 2.46. The third kappa shape index (κ3) is 3.68. The van der Waals surface area contributed by atoms with Crippen LogP contribution in [-0.4, -0.2) is 33.8 Å². The van der Waals surface area contributed by atoms with E-state index in [0.717, 1.165) is 16.7 Å². The van der Waals surface area contributed by atoms with Crippen molar-refractivity contribution in [3.63, 3.8) is 0 Å². The van der Waals surface area contributed by atoms with E-state index in [0.29, 0.717) is 11.3 Å². The van der Waals surface area contributed by atoms with E-state index in [9.17, 15) is 14.7 Å². The number of ketones is 1. The molecule has 0 radical (unpaired) electrons. The number of methoxy groups -OCH3 is 1. The number of hydrogen-bond acceptors (Lipinski definition) is 5. The van der Waals surface area contributed by atoms with Crippen molar-refractivity contribution in [1.29, 1.82) is 0 Å². The summed E-state index contributed by atoms with van der Waals surface area (Å²) >= 11 is 0. The molecular weight excluding hydrogens is 392 g/mol. The molecule has 156 valence electrons. The van der Waals surface area contributed by atoms with Crippen molar-refractivity contribution in [1.82, 2.24) is 9.88 Å². The van der Waals surface area contributed by atoms with E-state index in [4.69, 9.17) is 4.74 Å². The molecule has 1 fully saturated rings. The summed E-state index contributed by atoms with van der Waals surface area (Å²) in [7, 11) is 1.49. The fraction of sp³-hybridized carbons (Fsp3) is 0.160. The third-order valence-electron chi connectivity index (χ3n) is 5.46. The molecule has 31 heavy (non-hydrogen) atoms. The Labute approximate surface area is 180 Å². The van der Waals surface area contributed by atoms with Gasteiger partial charge < -0.3 is 14.7 Å². The fourth-order valence-electron chi connectivity index (χ4n) is 3.93. The number of ether oxygens (including phenoxy) is 1. The number of likely N-dealkylation sites (tertiary alicyclic amines) is 1. The highest BCUT2D eigenvalue weighted by Crippen LogP contribution is 2.42. The lowest BCUT2D eigenvalue weighted by atomic mass is 9.92. The number of carbonyl (C=O) groups excluding carboxylic acids is 2. The highest BCUT2D eigenvalue weighted by atomic mass is 16.5. The lowest BCUT2D eigenvalue weighted by molar-refractivity contribution is -0.140. The van der Waals surface area contributed by atoms with Gasteiger partial charge in [-0.1, -0.05) is 42.5 Å². The van der Waals surface area contributed by atoms with Crippen LogP contribution in [0.1, 0.15) is 28.3 Å². The zero-order valence-electron chi connectivity index (χ0n) is 17.3. The number of aryl methyl sites for hydroxylation is 1. The molecule has 0 saturated carbocycles. The van der Waals surface area contributed by atoms with E-state index in [-0.39, 0.29) is 17.9 Å². The number of rotatable bonds is 5. The summed E-state index contributed by atoms with van der Waals surface area (Å²) in [6.07, 6.45) is 3.31. The van der Waals surface area contributed by atoms with Gasteiger partial charge in [0.1, 0.15) is 11.5 Å². The van der Waals surface area contributed by atoms with E-state index in [1.54, 1.807) is 42.7 Å². The van der Waals surface area contributed by atoms with Gasteiger partial charge in [0.05, 0.1) is 24.3 Å². The second-order valence-electron chi connectivity index (χ2n) is 7.35. The molecule has 1 aromatic heterocycles. The molecule has 1 N–H and O–H groups in total. The van der Waals surface area contributed by atoms with Crippen LogP contribution >= 0.6 is 0 Å². The van der Waals surface area contributed by atoms with Crippen LogP contribution in [0, 0.1) is 6.92 Å². The van der Waals surface area contributed by atoms with Crippen molar-refractivity contribution in [2.24, 2.45) is 0 Å². The molecule has 0 bridgehead atoms. The number of Topliss-reactive ketones (excluding diaryl/α,β-unsaturated/α-hetero) is 1. The van der Waals surface area contributed by atoms with Crippen LogP contribution in [0.2, 0.25) is 0 Å². The van der Waals surface area contributed by atoms with Crippen LogP contribution in [0.3, 0.4) is 0 Å². The zero-order chi connectivity index (χ0) is 22.0. The summed E-state index contributed by atoms with van der Waals surface area (Å²) in [5.74, 6) is -1.21. The second-order valence-corrected chi connectivity index (χ2v) is 7.35. The second kappa shape index (κ2) is 8.44. The standard InChI is InChI=1S/C25H22N2O4/c1-16-8-3-4-10-18(16)22-21(23(28)19-11-5-6-12-20(19)31-2)24(29)25(30)27(22)15-17-9-7-13-26-14-17/h3-14,22,28H,15H2,1-2H3/b23-21+. The number of amides is 1. The van der Waals surface area contributed by atoms with Crippen molar-refractivity contribution in [2.45, 2.75) is 19.5 Å². The maximum atomic E-state index is 13.1. The van der Waals surface area contributed by atoms with Crippen LogP contribution in [0.5, 0.6) is 5.75 Å². The van der Waals surface area contributed by atoms with Gasteiger partial charge in [-0.05, 0) is 41.8 Å². The normalized spacial score (nSPS) is 17.7. The van der Waals surface area contributed by atoms with Gasteiger partial charge in [0.2, 0.25) is 0 Å². The topological polar surface area (TPSA) is 79.7 Å². The Bertz CT molecular complexity index is 1170. The number of para-hydroxylation sites is 1. The maximum Gasteiger partial charge on any atom is 0.295 e. The predicted octanol–water partition coefficient (Wildman–Crippen LogP) is 4.02. The van der Waals surface area contributed by atoms with Gasteiger partial charge in [0.25, 0.3) is 11.7 Å². The van der Waals surface area contributed by atoms with Gasteiger partial charge in [0.15, 0.2) is 0 Å². The van der Waals surface area contributed by atoms with Gasteiger partial charge >= 0.3 is 0 Å². The van der Waals surface area contributed by atoms with Crippen molar-refractivity contribution >= 4 is 17.4 Å². The Hall–Kier alpha value is -3.93. The molecule has 1 aliphatic rings. The lowest BCUT2D eigenvalue weighted by Crippen LogP contribution is -2.29. The minimum absolute atomic E-state index is 0.0488. The number of benzene rings is 2. The summed E-state index contributed by atoms with van der Waals surface area (Å²) in [5, 5.41) is 11.2. The molecule has 6 heteroatoms. The Balaban J connectivity index is 1.92. The molecule has 4 rings (SSSR count). The van der Waals surface area contributed by atoms with Crippen molar-refractivity contribution in [3.05, 3.63) is 101 Å². The first-order chi connectivity index (χ1) is 15.0. The number of aromatic nitrogens is 1. The Morgan fingerprint density at radius 2 is 1.81 bits per heavy atom. The van der Waals surface area contributed by atoms with E-state index in [2.05, 4.69) is 4.98 Å². The van der Waals surface area contributed by atoms with Crippen LogP contribution in [-0.2, 0) is 16.1 Å². The Morgan fingerprint density at radius 3 is 2.52 bits per heavy atom. The third-order valence-corrected chi connectivity index (χ3v) is 5.46. The van der Waals surface area contributed by atoms with Gasteiger partial charge in [-0.2, -0.15) is 0 Å². The van der Waals surface area contributed by atoms with Crippen LogP contribution in [0.15, 0.2) is 78.6 Å². The molecule has 1 saturated heterocycles. The van der Waals surface area contributed by atoms with Crippen molar-refractivity contribution < 1.29 is 19.4 Å². The molecular formula is C25H22N2O4. The number of aliphatic hydroxyl groups is 1. The summed E-state index contributed by atoms with van der Waals surface area (Å²) in [6.45, 7) is 2.11. The van der Waals surface area contributed by atoms with Gasteiger partial charge in [0, 0.05) is 18.9 Å². The molecule has 1 aliphatic heterocycles. The molecule has 1 amide bonds. The number of nitrogens with zero attached hydrogens (tertiary/aromatic N) is 2. The SMILES string of the molecule is COc1ccccc1/C(O)=C1\C(=O)C(=O)N(Cc2cccnc2)C1c1ccccc1C. The van der Waals surface area contributed by atoms with Gasteiger partial charge in [-0.3, -0.25) is 14.6 Å². The van der Waals surface area contributed by atoms with Gasteiger partial charge in [-0.25, -0.2) is 0 Å². The van der Waals surface area contributed by atoms with Crippen molar-refractivity contribution in [2.75, 3.05) is 7.11 Å². The lowest BCUT2D eigenvalue weighted by Gasteiger charge is -2.26. The van der Waals surface area contributed by atoms with E-state index < -0.39 is 17.7 Å². The molecule has 0 aliphatic carbocycles. The van der Waals surface area contributed by atoms with Crippen LogP contribution in [0.4, 0.5) is 0 Å². The van der Waals surface area contributed by atoms with Crippen LogP contribution < -0.4 is 4.74 Å². The molecule has 0 spiro atoms. The predicted molar refractivity (Wildman–Crippen MR) is 116 cm³/mol. The average molecular weight is 414 g/mol. The molecule has 3 aromatic rings. The van der Waals surface area contributed by atoms with E-state index >= 15 is 0 Å². The summed E-state index contributed by atoms with van der Waals surface area (Å²) < 4.78 is 5.36. The summed E-state index contributed by atoms with van der Waals surface area (Å²) in [5.41, 5.74) is 2.90. The largest absolute Gasteiger partial charge is 0.507 e. The smallest absolute Gasteiger partial charge is 0.295 e. The summed E-state index contributed by atoms with van der Waals surface area (Å²) in [6, 6.07) is 17.3. The van der Waals surface area contributed by atoms with Gasteiger partial charge in [-0.15, -0.1) is 0 Å². The Morgan fingerprint density at radius 1 is 1.06 bits per heavy atom. The number of pyridine rings is 1. The fourth-order valence-corrected chi connectivity index (χ4v) is 3.93. The summed E-state index contributed by atoms with van der Waals surface area (Å²) in [4.78, 5) is 31.8. The molecule has 1 atom stereocenters. The first-order valence-electron chi connectivity index (χ1n) is 9.89. The quantitative estimate of drug-likeness (QED) is 0.388.